The number of carbonyl (C=O) groups is 2. The van der Waals surface area contributed by atoms with Gasteiger partial charge in [-0.05, 0) is 30.0 Å². The average Bonchev–Trinajstić information content (AvgIpc) is 2.98. The van der Waals surface area contributed by atoms with Gasteiger partial charge in [0.2, 0.25) is 15.9 Å². The zero-order valence-corrected chi connectivity index (χ0v) is 15.8. The lowest BCUT2D eigenvalue weighted by Gasteiger charge is -2.21. The van der Waals surface area contributed by atoms with Crippen molar-refractivity contribution in [3.05, 3.63) is 29.8 Å². The molecule has 7 nitrogen and oxygen atoms in total. The Kier molecular flexibility index (Phi) is 5.84. The molecule has 2 N–H and O–H groups in total. The van der Waals surface area contributed by atoms with Crippen molar-refractivity contribution in [2.75, 3.05) is 20.1 Å². The molecule has 0 bridgehead atoms. The third kappa shape index (κ3) is 4.19. The first kappa shape index (κ1) is 19.4. The predicted octanol–water partition coefficient (Wildman–Crippen LogP) is 0.827. The highest BCUT2D eigenvalue weighted by Crippen LogP contribution is 2.29. The third-order valence-corrected chi connectivity index (χ3v) is 6.37. The Bertz CT molecular complexity index is 761. The van der Waals surface area contributed by atoms with E-state index in [-0.39, 0.29) is 41.1 Å². The van der Waals surface area contributed by atoms with Crippen LogP contribution in [0.1, 0.15) is 31.1 Å². The van der Waals surface area contributed by atoms with Gasteiger partial charge in [-0.2, -0.15) is 4.31 Å². The SMILES string of the molecule is CNC(=O)c1cccc(S(=O)(=O)N2CC(NC(C)=O)C(C(C)C)C2)c1. The fourth-order valence-corrected chi connectivity index (χ4v) is 4.72. The number of amides is 2. The number of hydrogen-bond acceptors (Lipinski definition) is 4. The molecule has 1 fully saturated rings. The highest BCUT2D eigenvalue weighted by molar-refractivity contribution is 7.89. The van der Waals surface area contributed by atoms with Crippen LogP contribution in [0.15, 0.2) is 29.2 Å². The molecule has 1 aromatic rings. The fourth-order valence-electron chi connectivity index (χ4n) is 3.17. The van der Waals surface area contributed by atoms with Gasteiger partial charge in [-0.1, -0.05) is 19.9 Å². The zero-order chi connectivity index (χ0) is 18.8. The summed E-state index contributed by atoms with van der Waals surface area (Å²) in [5, 5.41) is 5.34. The highest BCUT2D eigenvalue weighted by atomic mass is 32.2. The van der Waals surface area contributed by atoms with Crippen LogP contribution >= 0.6 is 0 Å². The summed E-state index contributed by atoms with van der Waals surface area (Å²) < 4.78 is 27.3. The summed E-state index contributed by atoms with van der Waals surface area (Å²) in [5.74, 6) is -0.235. The predicted molar refractivity (Wildman–Crippen MR) is 94.5 cm³/mol. The molecule has 0 spiro atoms. The summed E-state index contributed by atoms with van der Waals surface area (Å²) >= 11 is 0. The minimum atomic E-state index is -3.74. The topological polar surface area (TPSA) is 95.6 Å². The van der Waals surface area contributed by atoms with Crippen molar-refractivity contribution >= 4 is 21.8 Å². The van der Waals surface area contributed by atoms with Crippen LogP contribution in [0, 0.1) is 11.8 Å². The summed E-state index contributed by atoms with van der Waals surface area (Å²) in [5.41, 5.74) is 0.293. The molecule has 1 aromatic carbocycles. The van der Waals surface area contributed by atoms with Crippen LogP contribution in [0.2, 0.25) is 0 Å². The number of carbonyl (C=O) groups excluding carboxylic acids is 2. The highest BCUT2D eigenvalue weighted by Gasteiger charge is 2.41. The van der Waals surface area contributed by atoms with Crippen molar-refractivity contribution in [1.29, 1.82) is 0 Å². The molecule has 8 heteroatoms. The zero-order valence-electron chi connectivity index (χ0n) is 14.9. The van der Waals surface area contributed by atoms with Crippen LogP contribution < -0.4 is 10.6 Å². The summed E-state index contributed by atoms with van der Waals surface area (Å²) in [6.07, 6.45) is 0. The Balaban J connectivity index is 2.31. The van der Waals surface area contributed by atoms with Gasteiger partial charge in [0.1, 0.15) is 0 Å². The van der Waals surface area contributed by atoms with Crippen molar-refractivity contribution < 1.29 is 18.0 Å². The Hall–Kier alpha value is -1.93. The third-order valence-electron chi connectivity index (χ3n) is 4.54. The van der Waals surface area contributed by atoms with Crippen LogP contribution in [0.4, 0.5) is 0 Å². The van der Waals surface area contributed by atoms with Crippen LogP contribution in [0.5, 0.6) is 0 Å². The van der Waals surface area contributed by atoms with Gasteiger partial charge < -0.3 is 10.6 Å². The van der Waals surface area contributed by atoms with Crippen molar-refractivity contribution in [2.24, 2.45) is 11.8 Å². The molecule has 0 saturated carbocycles. The molecule has 2 unspecified atom stereocenters. The van der Waals surface area contributed by atoms with E-state index in [9.17, 15) is 18.0 Å². The average molecular weight is 367 g/mol. The molecule has 1 heterocycles. The molecule has 0 aliphatic carbocycles. The second-order valence-corrected chi connectivity index (χ2v) is 8.58. The maximum atomic E-state index is 13.0. The largest absolute Gasteiger partial charge is 0.355 e. The number of hydrogen-bond donors (Lipinski definition) is 2. The first-order valence-corrected chi connectivity index (χ1v) is 9.70. The summed E-state index contributed by atoms with van der Waals surface area (Å²) in [6.45, 7) is 6.04. The summed E-state index contributed by atoms with van der Waals surface area (Å²) in [7, 11) is -2.24. The van der Waals surface area contributed by atoms with Crippen molar-refractivity contribution in [3.63, 3.8) is 0 Å². The quantitative estimate of drug-likeness (QED) is 0.806. The normalized spacial score (nSPS) is 21.3. The maximum absolute atomic E-state index is 13.0. The van der Waals surface area contributed by atoms with Gasteiger partial charge in [-0.3, -0.25) is 9.59 Å². The molecule has 0 radical (unpaired) electrons. The van der Waals surface area contributed by atoms with Crippen LogP contribution in [0.25, 0.3) is 0 Å². The van der Waals surface area contributed by atoms with Gasteiger partial charge in [0.25, 0.3) is 5.91 Å². The monoisotopic (exact) mass is 367 g/mol. The Morgan fingerprint density at radius 2 is 1.92 bits per heavy atom. The molecule has 1 aliphatic rings. The molecular formula is C17H25N3O4S. The number of nitrogens with one attached hydrogen (secondary N) is 2. The first-order valence-electron chi connectivity index (χ1n) is 8.26. The summed E-state index contributed by atoms with van der Waals surface area (Å²) in [4.78, 5) is 23.3. The van der Waals surface area contributed by atoms with Crippen LogP contribution in [-0.4, -0.2) is 50.7 Å². The molecule has 2 atom stereocenters. The molecular weight excluding hydrogens is 342 g/mol. The smallest absolute Gasteiger partial charge is 0.251 e. The minimum absolute atomic E-state index is 0.0424. The van der Waals surface area contributed by atoms with E-state index >= 15 is 0 Å². The van der Waals surface area contributed by atoms with E-state index < -0.39 is 10.0 Å². The van der Waals surface area contributed by atoms with Gasteiger partial charge in [-0.15, -0.1) is 0 Å². The second kappa shape index (κ2) is 7.53. The van der Waals surface area contributed by atoms with Gasteiger partial charge >= 0.3 is 0 Å². The minimum Gasteiger partial charge on any atom is -0.355 e. The van der Waals surface area contributed by atoms with E-state index in [0.29, 0.717) is 12.1 Å². The lowest BCUT2D eigenvalue weighted by molar-refractivity contribution is -0.119. The standard InChI is InChI=1S/C17H25N3O4S/c1-11(2)15-9-20(10-16(15)19-12(3)21)25(23,24)14-7-5-6-13(8-14)17(22)18-4/h5-8,11,15-16H,9-10H2,1-4H3,(H,18,22)(H,19,21). The van der Waals surface area contributed by atoms with Gasteiger partial charge in [0, 0.05) is 38.7 Å². The molecule has 1 saturated heterocycles. The molecule has 25 heavy (non-hydrogen) atoms. The Labute approximate surface area is 148 Å². The van der Waals surface area contributed by atoms with Crippen LogP contribution in [0.3, 0.4) is 0 Å². The Morgan fingerprint density at radius 3 is 2.48 bits per heavy atom. The van der Waals surface area contributed by atoms with E-state index in [1.807, 2.05) is 13.8 Å². The fraction of sp³-hybridized carbons (Fsp3) is 0.529. The van der Waals surface area contributed by atoms with E-state index in [1.165, 1.54) is 30.4 Å². The molecule has 0 aromatic heterocycles. The summed E-state index contributed by atoms with van der Waals surface area (Å²) in [6, 6.07) is 5.77. The van der Waals surface area contributed by atoms with E-state index in [2.05, 4.69) is 10.6 Å². The number of rotatable bonds is 5. The van der Waals surface area contributed by atoms with Crippen molar-refractivity contribution in [2.45, 2.75) is 31.7 Å². The second-order valence-electron chi connectivity index (χ2n) is 6.64. The van der Waals surface area contributed by atoms with Gasteiger partial charge in [0.05, 0.1) is 4.90 Å². The number of nitrogens with zero attached hydrogens (tertiary/aromatic N) is 1. The number of benzene rings is 1. The lowest BCUT2D eigenvalue weighted by Crippen LogP contribution is -2.41. The molecule has 138 valence electrons. The van der Waals surface area contributed by atoms with Gasteiger partial charge in [0.15, 0.2) is 0 Å². The van der Waals surface area contributed by atoms with E-state index in [1.54, 1.807) is 12.1 Å². The molecule has 2 rings (SSSR count). The molecule has 1 aliphatic heterocycles. The number of sulfonamides is 1. The lowest BCUT2D eigenvalue weighted by atomic mass is 9.91. The van der Waals surface area contributed by atoms with Crippen molar-refractivity contribution in [3.8, 4) is 0 Å². The van der Waals surface area contributed by atoms with Crippen LogP contribution in [-0.2, 0) is 14.8 Å². The van der Waals surface area contributed by atoms with Gasteiger partial charge in [-0.25, -0.2) is 8.42 Å². The van der Waals surface area contributed by atoms with Crippen molar-refractivity contribution in [1.82, 2.24) is 14.9 Å². The maximum Gasteiger partial charge on any atom is 0.251 e. The Morgan fingerprint density at radius 1 is 1.24 bits per heavy atom. The molecule has 2 amide bonds. The van der Waals surface area contributed by atoms with E-state index in [4.69, 9.17) is 0 Å². The first-order chi connectivity index (χ1) is 11.7. The van der Waals surface area contributed by atoms with E-state index in [0.717, 1.165) is 0 Å².